The Morgan fingerprint density at radius 1 is 1.30 bits per heavy atom. The first kappa shape index (κ1) is 17.8. The molecule has 2 heterocycles. The van der Waals surface area contributed by atoms with E-state index in [9.17, 15) is 9.18 Å². The molecule has 1 amide bonds. The van der Waals surface area contributed by atoms with Crippen LogP contribution in [0.4, 0.5) is 10.1 Å². The molecule has 0 aliphatic heterocycles. The van der Waals surface area contributed by atoms with Crippen LogP contribution in [0.3, 0.4) is 0 Å². The molecule has 0 radical (unpaired) electrons. The molecule has 0 saturated heterocycles. The third-order valence-corrected chi connectivity index (χ3v) is 5.59. The summed E-state index contributed by atoms with van der Waals surface area (Å²) < 4.78 is 13.5. The summed E-state index contributed by atoms with van der Waals surface area (Å²) in [7, 11) is 0. The molecule has 0 aliphatic carbocycles. The van der Waals surface area contributed by atoms with Crippen LogP contribution in [0.25, 0.3) is 21.9 Å². The fraction of sp³-hybridized carbons (Fsp3) is 0.105. The van der Waals surface area contributed by atoms with Crippen LogP contribution in [0.1, 0.15) is 5.56 Å². The van der Waals surface area contributed by atoms with E-state index < -0.39 is 0 Å². The highest BCUT2D eigenvalue weighted by Crippen LogP contribution is 2.30. The Morgan fingerprint density at radius 2 is 2.15 bits per heavy atom. The lowest BCUT2D eigenvalue weighted by molar-refractivity contribution is -0.113. The van der Waals surface area contributed by atoms with Gasteiger partial charge in [-0.2, -0.15) is 0 Å². The zero-order chi connectivity index (χ0) is 19.0. The number of aromatic nitrogens is 3. The van der Waals surface area contributed by atoms with Crippen molar-refractivity contribution in [1.29, 1.82) is 0 Å². The zero-order valence-corrected chi connectivity index (χ0v) is 15.8. The van der Waals surface area contributed by atoms with Crippen LogP contribution in [0.5, 0.6) is 0 Å². The largest absolute Gasteiger partial charge is 0.351 e. The van der Waals surface area contributed by atoms with Gasteiger partial charge in [-0.3, -0.25) is 4.79 Å². The molecule has 0 fully saturated rings. The molecular formula is C19H14ClFN4OS. The summed E-state index contributed by atoms with van der Waals surface area (Å²) in [5, 5.41) is 4.78. The van der Waals surface area contributed by atoms with E-state index in [-0.39, 0.29) is 17.5 Å². The van der Waals surface area contributed by atoms with Crippen LogP contribution in [0, 0.1) is 12.7 Å². The normalized spacial score (nSPS) is 11.2. The first-order valence-electron chi connectivity index (χ1n) is 8.12. The van der Waals surface area contributed by atoms with Crippen molar-refractivity contribution in [2.75, 3.05) is 11.1 Å². The summed E-state index contributed by atoms with van der Waals surface area (Å²) in [5.74, 6) is -0.325. The number of halogens is 2. The summed E-state index contributed by atoms with van der Waals surface area (Å²) in [5.41, 5.74) is 3.59. The van der Waals surface area contributed by atoms with E-state index in [2.05, 4.69) is 20.3 Å². The van der Waals surface area contributed by atoms with E-state index in [1.54, 1.807) is 24.3 Å². The highest BCUT2D eigenvalue weighted by Gasteiger charge is 2.14. The average Bonchev–Trinajstić information content (AvgIpc) is 3.02. The van der Waals surface area contributed by atoms with Gasteiger partial charge in [0, 0.05) is 21.6 Å². The lowest BCUT2D eigenvalue weighted by Gasteiger charge is -2.09. The van der Waals surface area contributed by atoms with Crippen molar-refractivity contribution in [3.63, 3.8) is 0 Å². The fourth-order valence-corrected chi connectivity index (χ4v) is 3.74. The maximum atomic E-state index is 13.5. The Kier molecular flexibility index (Phi) is 4.72. The van der Waals surface area contributed by atoms with Crippen LogP contribution in [0.15, 0.2) is 47.8 Å². The zero-order valence-electron chi connectivity index (χ0n) is 14.2. The van der Waals surface area contributed by atoms with Crippen molar-refractivity contribution in [2.24, 2.45) is 0 Å². The number of carbonyl (C=O) groups is 1. The Bertz CT molecular complexity index is 1180. The molecule has 8 heteroatoms. The Labute approximate surface area is 163 Å². The van der Waals surface area contributed by atoms with E-state index in [1.807, 2.05) is 6.92 Å². The van der Waals surface area contributed by atoms with Crippen molar-refractivity contribution in [2.45, 2.75) is 11.9 Å². The van der Waals surface area contributed by atoms with Crippen molar-refractivity contribution in [1.82, 2.24) is 15.0 Å². The summed E-state index contributed by atoms with van der Waals surface area (Å²) in [6, 6.07) is 9.85. The van der Waals surface area contributed by atoms with Gasteiger partial charge in [0.2, 0.25) is 5.91 Å². The number of thioether (sulfide) groups is 1. The van der Waals surface area contributed by atoms with E-state index in [1.165, 1.54) is 30.2 Å². The SMILES string of the molecule is Cc1c(Cl)cccc1NC(=O)CSc1ncnc2c1[nH]c1ccc(F)cc12. The van der Waals surface area contributed by atoms with Gasteiger partial charge in [0.1, 0.15) is 22.7 Å². The second kappa shape index (κ2) is 7.17. The Balaban J connectivity index is 1.56. The minimum atomic E-state index is -0.326. The third kappa shape index (κ3) is 3.48. The second-order valence-corrected chi connectivity index (χ2v) is 7.34. The molecule has 4 rings (SSSR count). The molecule has 0 aliphatic rings. The molecule has 0 saturated carbocycles. The number of nitrogens with one attached hydrogen (secondary N) is 2. The number of fused-ring (bicyclic) bond motifs is 3. The molecule has 0 bridgehead atoms. The molecule has 5 nitrogen and oxygen atoms in total. The minimum absolute atomic E-state index is 0.167. The van der Waals surface area contributed by atoms with Crippen LogP contribution >= 0.6 is 23.4 Å². The highest BCUT2D eigenvalue weighted by atomic mass is 35.5. The average molecular weight is 401 g/mol. The van der Waals surface area contributed by atoms with Gasteiger partial charge in [-0.05, 0) is 42.8 Å². The van der Waals surface area contributed by atoms with Gasteiger partial charge in [-0.15, -0.1) is 0 Å². The molecule has 136 valence electrons. The minimum Gasteiger partial charge on any atom is -0.351 e. The molecule has 27 heavy (non-hydrogen) atoms. The summed E-state index contributed by atoms with van der Waals surface area (Å²) in [6.45, 7) is 1.85. The van der Waals surface area contributed by atoms with Crippen molar-refractivity contribution >= 4 is 56.9 Å². The summed E-state index contributed by atoms with van der Waals surface area (Å²) in [4.78, 5) is 24.0. The number of anilines is 1. The number of rotatable bonds is 4. The van der Waals surface area contributed by atoms with Crippen LogP contribution in [-0.2, 0) is 4.79 Å². The van der Waals surface area contributed by atoms with Crippen molar-refractivity contribution in [3.8, 4) is 0 Å². The predicted octanol–water partition coefficient (Wildman–Crippen LogP) is 4.94. The molecular weight excluding hydrogens is 387 g/mol. The van der Waals surface area contributed by atoms with E-state index >= 15 is 0 Å². The van der Waals surface area contributed by atoms with Crippen molar-refractivity contribution < 1.29 is 9.18 Å². The number of hydrogen-bond acceptors (Lipinski definition) is 4. The van der Waals surface area contributed by atoms with Crippen molar-refractivity contribution in [3.05, 3.63) is 59.1 Å². The number of aromatic amines is 1. The lowest BCUT2D eigenvalue weighted by Crippen LogP contribution is -2.15. The highest BCUT2D eigenvalue weighted by molar-refractivity contribution is 8.00. The number of carbonyl (C=O) groups excluding carboxylic acids is 1. The maximum absolute atomic E-state index is 13.5. The van der Waals surface area contributed by atoms with Gasteiger partial charge in [0.05, 0.1) is 11.3 Å². The van der Waals surface area contributed by atoms with Crippen LogP contribution in [-0.4, -0.2) is 26.6 Å². The molecule has 0 unspecified atom stereocenters. The second-order valence-electron chi connectivity index (χ2n) is 5.97. The first-order chi connectivity index (χ1) is 13.0. The third-order valence-electron chi connectivity index (χ3n) is 4.19. The fourth-order valence-electron chi connectivity index (χ4n) is 2.81. The topological polar surface area (TPSA) is 70.7 Å². The van der Waals surface area contributed by atoms with Crippen LogP contribution < -0.4 is 5.32 Å². The van der Waals surface area contributed by atoms with Gasteiger partial charge < -0.3 is 10.3 Å². The molecule has 2 aromatic carbocycles. The molecule has 0 spiro atoms. The predicted molar refractivity (Wildman–Crippen MR) is 107 cm³/mol. The number of H-pyrrole nitrogens is 1. The van der Waals surface area contributed by atoms with Gasteiger partial charge in [-0.1, -0.05) is 29.4 Å². The number of amides is 1. The van der Waals surface area contributed by atoms with Gasteiger partial charge in [-0.25, -0.2) is 14.4 Å². The van der Waals surface area contributed by atoms with E-state index in [0.29, 0.717) is 32.2 Å². The van der Waals surface area contributed by atoms with Gasteiger partial charge in [0.25, 0.3) is 0 Å². The standard InChI is InChI=1S/C19H14ClFN4OS/c1-10-13(20)3-2-4-14(10)24-16(26)8-27-19-18-17(22-9-23-19)12-7-11(21)5-6-15(12)25-18/h2-7,9,25H,8H2,1H3,(H,24,26). The smallest absolute Gasteiger partial charge is 0.234 e. The first-order valence-corrected chi connectivity index (χ1v) is 9.49. The quantitative estimate of drug-likeness (QED) is 0.376. The number of nitrogens with zero attached hydrogens (tertiary/aromatic N) is 2. The molecule has 2 aromatic heterocycles. The Hall–Kier alpha value is -2.64. The van der Waals surface area contributed by atoms with Crippen LogP contribution in [0.2, 0.25) is 5.02 Å². The van der Waals surface area contributed by atoms with Gasteiger partial charge in [0.15, 0.2) is 0 Å². The number of hydrogen-bond donors (Lipinski definition) is 2. The van der Waals surface area contributed by atoms with E-state index in [4.69, 9.17) is 11.6 Å². The lowest BCUT2D eigenvalue weighted by atomic mass is 10.2. The molecule has 0 atom stereocenters. The summed E-state index contributed by atoms with van der Waals surface area (Å²) in [6.07, 6.45) is 1.42. The monoisotopic (exact) mass is 400 g/mol. The van der Waals surface area contributed by atoms with E-state index in [0.717, 1.165) is 11.1 Å². The molecule has 2 N–H and O–H groups in total. The maximum Gasteiger partial charge on any atom is 0.234 e. The Morgan fingerprint density at radius 3 is 3.00 bits per heavy atom. The molecule has 4 aromatic rings. The number of benzene rings is 2. The summed E-state index contributed by atoms with van der Waals surface area (Å²) >= 11 is 7.37. The van der Waals surface area contributed by atoms with Gasteiger partial charge >= 0.3 is 0 Å².